The fraction of sp³-hybridized carbons (Fsp3) is 0.441. The summed E-state index contributed by atoms with van der Waals surface area (Å²) in [5.74, 6) is -2.03. The Bertz CT molecular complexity index is 1410. The van der Waals surface area contributed by atoms with Gasteiger partial charge in [-0.05, 0) is 62.6 Å². The Morgan fingerprint density at radius 2 is 1.80 bits per heavy atom. The summed E-state index contributed by atoms with van der Waals surface area (Å²) in [5.41, 5.74) is -0.111. The van der Waals surface area contributed by atoms with Crippen molar-refractivity contribution < 1.29 is 29.0 Å². The lowest BCUT2D eigenvalue weighted by atomic mass is 9.70. The highest BCUT2D eigenvalue weighted by Crippen LogP contribution is 2.59. The summed E-state index contributed by atoms with van der Waals surface area (Å²) in [6, 6.07) is 12.5. The lowest BCUT2D eigenvalue weighted by molar-refractivity contribution is -0.144. The van der Waals surface area contributed by atoms with Crippen LogP contribution in [0.1, 0.15) is 33.1 Å². The van der Waals surface area contributed by atoms with Crippen molar-refractivity contribution in [1.29, 1.82) is 0 Å². The zero-order valence-corrected chi connectivity index (χ0v) is 26.0. The van der Waals surface area contributed by atoms with Crippen molar-refractivity contribution in [2.24, 2.45) is 11.8 Å². The Kier molecular flexibility index (Phi) is 9.48. The van der Waals surface area contributed by atoms with Crippen LogP contribution >= 0.6 is 11.6 Å². The van der Waals surface area contributed by atoms with E-state index in [1.54, 1.807) is 65.6 Å². The van der Waals surface area contributed by atoms with E-state index in [4.69, 9.17) is 21.1 Å². The summed E-state index contributed by atoms with van der Waals surface area (Å²) < 4.78 is 12.2. The third kappa shape index (κ3) is 5.21. The summed E-state index contributed by atoms with van der Waals surface area (Å²) in [4.78, 5) is 48.2. The van der Waals surface area contributed by atoms with Gasteiger partial charge in [0.25, 0.3) is 5.91 Å². The number of carbonyl (C=O) groups is 3. The van der Waals surface area contributed by atoms with Crippen molar-refractivity contribution >= 4 is 40.7 Å². The van der Waals surface area contributed by atoms with Crippen molar-refractivity contribution in [3.63, 3.8) is 0 Å². The molecule has 2 bridgehead atoms. The van der Waals surface area contributed by atoms with Gasteiger partial charge in [-0.3, -0.25) is 14.4 Å². The van der Waals surface area contributed by atoms with Crippen LogP contribution in [0.2, 0.25) is 5.02 Å². The van der Waals surface area contributed by atoms with Crippen molar-refractivity contribution in [3.05, 3.63) is 78.9 Å². The number of halogens is 1. The normalized spacial score (nSPS) is 25.8. The number of hydrogen-bond acceptors (Lipinski definition) is 6. The van der Waals surface area contributed by atoms with Gasteiger partial charge < -0.3 is 29.3 Å². The Labute approximate surface area is 263 Å². The topological polar surface area (TPSA) is 99.6 Å². The maximum atomic E-state index is 14.7. The molecule has 1 N–H and O–H groups in total. The molecule has 3 heterocycles. The van der Waals surface area contributed by atoms with E-state index in [-0.39, 0.29) is 37.4 Å². The van der Waals surface area contributed by atoms with Crippen molar-refractivity contribution in [1.82, 2.24) is 4.90 Å². The Balaban J connectivity index is 1.57. The number of para-hydroxylation sites is 1. The van der Waals surface area contributed by atoms with Gasteiger partial charge in [-0.25, -0.2) is 0 Å². The third-order valence-electron chi connectivity index (χ3n) is 9.09. The van der Waals surface area contributed by atoms with Gasteiger partial charge in [-0.2, -0.15) is 0 Å². The fourth-order valence-electron chi connectivity index (χ4n) is 7.23. The van der Waals surface area contributed by atoms with Crippen molar-refractivity contribution in [3.8, 4) is 5.75 Å². The van der Waals surface area contributed by atoms with Crippen LogP contribution in [0.15, 0.2) is 73.8 Å². The fourth-order valence-corrected chi connectivity index (χ4v) is 7.47. The number of anilines is 2. The van der Waals surface area contributed by atoms with Gasteiger partial charge in [0.2, 0.25) is 11.8 Å². The molecule has 9 nitrogen and oxygen atoms in total. The minimum Gasteiger partial charge on any atom is -0.494 e. The van der Waals surface area contributed by atoms with Crippen LogP contribution in [0, 0.1) is 11.8 Å². The van der Waals surface area contributed by atoms with Gasteiger partial charge in [0.05, 0.1) is 47.9 Å². The van der Waals surface area contributed by atoms with E-state index in [1.165, 1.54) is 9.80 Å². The number of carbonyl (C=O) groups excluding carboxylic acids is 3. The molecular formula is C34H40ClN3O6. The number of benzene rings is 2. The summed E-state index contributed by atoms with van der Waals surface area (Å²) in [7, 11) is 0. The van der Waals surface area contributed by atoms with Crippen LogP contribution in [0.4, 0.5) is 11.4 Å². The number of aliphatic hydroxyl groups excluding tert-OH is 1. The standard InChI is InChI=1S/C34H40ClN3O6/c1-5-19-36(23-13-15-24(16-14-23)43-8-4)31(40)28-27-17-18-34(44-27)29(28)32(41)38(22(7-3)21-39)30(34)33(42)37(20-6-2)26-12-10-9-11-25(26)35/h5-6,9-16,22,27-30,39H,1-2,7-8,17-21H2,3-4H3/t22-,27-,28+,29-,30?,34?/m0/s1. The highest BCUT2D eigenvalue weighted by Gasteiger charge is 2.75. The smallest absolute Gasteiger partial charge is 0.253 e. The first kappa shape index (κ1) is 31.8. The van der Waals surface area contributed by atoms with Gasteiger partial charge in [0, 0.05) is 18.8 Å². The summed E-state index contributed by atoms with van der Waals surface area (Å²) >= 11 is 6.54. The lowest BCUT2D eigenvalue weighted by Crippen LogP contribution is -2.59. The van der Waals surface area contributed by atoms with Gasteiger partial charge in [-0.1, -0.05) is 42.8 Å². The average Bonchev–Trinajstić information content (AvgIpc) is 3.67. The minimum atomic E-state index is -1.24. The molecule has 3 aliphatic heterocycles. The van der Waals surface area contributed by atoms with E-state index in [2.05, 4.69) is 13.2 Å². The quantitative estimate of drug-likeness (QED) is 0.328. The lowest BCUT2D eigenvalue weighted by Gasteiger charge is -2.39. The van der Waals surface area contributed by atoms with E-state index in [1.807, 2.05) is 13.8 Å². The van der Waals surface area contributed by atoms with Crippen molar-refractivity contribution in [2.75, 3.05) is 36.1 Å². The minimum absolute atomic E-state index is 0.147. The van der Waals surface area contributed by atoms with E-state index in [9.17, 15) is 19.5 Å². The molecule has 0 radical (unpaired) electrons. The molecule has 44 heavy (non-hydrogen) atoms. The van der Waals surface area contributed by atoms with Crippen LogP contribution in [-0.2, 0) is 19.1 Å². The summed E-state index contributed by atoms with van der Waals surface area (Å²) in [6.45, 7) is 12.0. The molecular weight excluding hydrogens is 582 g/mol. The number of ether oxygens (including phenoxy) is 2. The number of aliphatic hydroxyl groups is 1. The predicted molar refractivity (Wildman–Crippen MR) is 170 cm³/mol. The Morgan fingerprint density at radius 1 is 1.11 bits per heavy atom. The molecule has 3 saturated heterocycles. The molecule has 1 spiro atoms. The van der Waals surface area contributed by atoms with Crippen LogP contribution in [0.3, 0.4) is 0 Å². The number of nitrogens with zero attached hydrogens (tertiary/aromatic N) is 3. The van der Waals surface area contributed by atoms with Crippen LogP contribution < -0.4 is 14.5 Å². The largest absolute Gasteiger partial charge is 0.494 e. The second-order valence-corrected chi connectivity index (χ2v) is 11.8. The van der Waals surface area contributed by atoms with E-state index < -0.39 is 35.6 Å². The summed E-state index contributed by atoms with van der Waals surface area (Å²) in [5, 5.41) is 10.8. The highest BCUT2D eigenvalue weighted by molar-refractivity contribution is 6.34. The SMILES string of the molecule is C=CCN(C(=O)[C@@H]1[C@@H]2CCC3(O2)C(C(=O)N(CC=C)c2ccccc2Cl)N([C@@H](CC)CO)C(=O)[C@H]13)c1ccc(OCC)cc1. The molecule has 0 aliphatic carbocycles. The van der Waals surface area contributed by atoms with Gasteiger partial charge >= 0.3 is 0 Å². The zero-order chi connectivity index (χ0) is 31.6. The molecule has 6 atom stereocenters. The van der Waals surface area contributed by atoms with E-state index >= 15 is 0 Å². The molecule has 3 amide bonds. The van der Waals surface area contributed by atoms with E-state index in [0.717, 1.165) is 0 Å². The molecule has 3 aliphatic rings. The third-order valence-corrected chi connectivity index (χ3v) is 9.41. The molecule has 2 aromatic rings. The number of fused-ring (bicyclic) bond motifs is 1. The molecule has 3 fully saturated rings. The van der Waals surface area contributed by atoms with Crippen LogP contribution in [0.5, 0.6) is 5.75 Å². The first-order chi connectivity index (χ1) is 21.3. The number of hydrogen-bond donors (Lipinski definition) is 1. The van der Waals surface area contributed by atoms with Gasteiger partial charge in [-0.15, -0.1) is 13.2 Å². The predicted octanol–water partition coefficient (Wildman–Crippen LogP) is 4.62. The molecule has 2 aromatic carbocycles. The average molecular weight is 622 g/mol. The second kappa shape index (κ2) is 13.1. The van der Waals surface area contributed by atoms with Crippen molar-refractivity contribution in [2.45, 2.75) is 56.9 Å². The Morgan fingerprint density at radius 3 is 2.41 bits per heavy atom. The first-order valence-electron chi connectivity index (χ1n) is 15.2. The maximum Gasteiger partial charge on any atom is 0.253 e. The number of amides is 3. The number of rotatable bonds is 13. The molecule has 0 aromatic heterocycles. The molecule has 10 heteroatoms. The van der Waals surface area contributed by atoms with Crippen LogP contribution in [0.25, 0.3) is 0 Å². The molecule has 0 saturated carbocycles. The summed E-state index contributed by atoms with van der Waals surface area (Å²) in [6.07, 6.45) is 4.08. The zero-order valence-electron chi connectivity index (χ0n) is 25.2. The highest BCUT2D eigenvalue weighted by atomic mass is 35.5. The first-order valence-corrected chi connectivity index (χ1v) is 15.6. The Hall–Kier alpha value is -3.66. The monoisotopic (exact) mass is 621 g/mol. The second-order valence-electron chi connectivity index (χ2n) is 11.4. The van der Waals surface area contributed by atoms with Gasteiger partial charge in [0.1, 0.15) is 17.4 Å². The van der Waals surface area contributed by atoms with E-state index in [0.29, 0.717) is 48.0 Å². The molecule has 2 unspecified atom stereocenters. The molecule has 5 rings (SSSR count). The van der Waals surface area contributed by atoms with Crippen LogP contribution in [-0.4, -0.2) is 77.8 Å². The van der Waals surface area contributed by atoms with Gasteiger partial charge in [0.15, 0.2) is 0 Å². The molecule has 234 valence electrons. The maximum absolute atomic E-state index is 14.7. The number of likely N-dealkylation sites (tertiary alicyclic amines) is 1.